The number of pyridine rings is 1. The Morgan fingerprint density at radius 3 is 3.13 bits per heavy atom. The van der Waals surface area contributed by atoms with Crippen molar-refractivity contribution in [1.82, 2.24) is 9.88 Å². The average molecular weight is 206 g/mol. The van der Waals surface area contributed by atoms with E-state index < -0.39 is 0 Å². The van der Waals surface area contributed by atoms with Gasteiger partial charge < -0.3 is 10.0 Å². The summed E-state index contributed by atoms with van der Waals surface area (Å²) in [4.78, 5) is 17.6. The first-order valence-electron chi connectivity index (χ1n) is 5.11. The van der Waals surface area contributed by atoms with Gasteiger partial charge in [-0.1, -0.05) is 0 Å². The van der Waals surface area contributed by atoms with Gasteiger partial charge in [-0.2, -0.15) is 0 Å². The Morgan fingerprint density at radius 1 is 1.67 bits per heavy atom. The highest BCUT2D eigenvalue weighted by molar-refractivity contribution is 5.94. The molecule has 0 bridgehead atoms. The maximum Gasteiger partial charge on any atom is 0.255 e. The molecule has 1 aliphatic rings. The van der Waals surface area contributed by atoms with Crippen LogP contribution in [0.15, 0.2) is 24.5 Å². The lowest BCUT2D eigenvalue weighted by Gasteiger charge is -2.15. The van der Waals surface area contributed by atoms with Gasteiger partial charge in [0.1, 0.15) is 0 Å². The molecule has 1 saturated heterocycles. The van der Waals surface area contributed by atoms with Gasteiger partial charge in [-0.25, -0.2) is 0 Å². The van der Waals surface area contributed by atoms with E-state index in [9.17, 15) is 4.79 Å². The fourth-order valence-corrected chi connectivity index (χ4v) is 1.84. The first-order chi connectivity index (χ1) is 7.31. The number of likely N-dealkylation sites (tertiary alicyclic amines) is 1. The standard InChI is InChI=1S/C11H14N2O2/c14-8-9-3-5-13(7-9)11(15)10-2-1-4-12-6-10/h1-2,4,6,9,14H,3,5,7-8H2. The van der Waals surface area contributed by atoms with Gasteiger partial charge in [0.05, 0.1) is 5.56 Å². The van der Waals surface area contributed by atoms with E-state index >= 15 is 0 Å². The van der Waals surface area contributed by atoms with Crippen molar-refractivity contribution in [3.63, 3.8) is 0 Å². The molecule has 1 unspecified atom stereocenters. The first-order valence-corrected chi connectivity index (χ1v) is 5.11. The molecule has 0 radical (unpaired) electrons. The van der Waals surface area contributed by atoms with Gasteiger partial charge in [-0.3, -0.25) is 9.78 Å². The number of aliphatic hydroxyl groups is 1. The van der Waals surface area contributed by atoms with Gasteiger partial charge in [-0.05, 0) is 18.6 Å². The molecule has 1 amide bonds. The maximum absolute atomic E-state index is 11.9. The van der Waals surface area contributed by atoms with E-state index in [1.165, 1.54) is 0 Å². The fraction of sp³-hybridized carbons (Fsp3) is 0.455. The third-order valence-electron chi connectivity index (χ3n) is 2.74. The number of hydrogen-bond donors (Lipinski definition) is 1. The Bertz CT molecular complexity index is 340. The lowest BCUT2D eigenvalue weighted by atomic mass is 10.1. The molecular weight excluding hydrogens is 192 g/mol. The molecule has 1 aromatic rings. The van der Waals surface area contributed by atoms with Crippen LogP contribution >= 0.6 is 0 Å². The zero-order chi connectivity index (χ0) is 10.7. The number of aliphatic hydroxyl groups excluding tert-OH is 1. The van der Waals surface area contributed by atoms with Gasteiger partial charge in [0.25, 0.3) is 5.91 Å². The number of amides is 1. The monoisotopic (exact) mass is 206 g/mol. The summed E-state index contributed by atoms with van der Waals surface area (Å²) in [5.41, 5.74) is 0.621. The van der Waals surface area contributed by atoms with E-state index in [1.54, 1.807) is 29.4 Å². The highest BCUT2D eigenvalue weighted by Crippen LogP contribution is 2.17. The highest BCUT2D eigenvalue weighted by atomic mass is 16.3. The van der Waals surface area contributed by atoms with Gasteiger partial charge in [0.2, 0.25) is 0 Å². The maximum atomic E-state index is 11.9. The van der Waals surface area contributed by atoms with E-state index in [-0.39, 0.29) is 18.4 Å². The summed E-state index contributed by atoms with van der Waals surface area (Å²) >= 11 is 0. The normalized spacial score (nSPS) is 20.6. The van der Waals surface area contributed by atoms with E-state index in [0.717, 1.165) is 13.0 Å². The molecule has 0 aromatic carbocycles. The average Bonchev–Trinajstić information content (AvgIpc) is 2.78. The lowest BCUT2D eigenvalue weighted by molar-refractivity contribution is 0.0781. The van der Waals surface area contributed by atoms with Crippen LogP contribution in [0.25, 0.3) is 0 Å². The Balaban J connectivity index is 2.04. The van der Waals surface area contributed by atoms with E-state index in [1.807, 2.05) is 0 Å². The van der Waals surface area contributed by atoms with Crippen molar-refractivity contribution in [2.75, 3.05) is 19.7 Å². The minimum absolute atomic E-state index is 0.0130. The van der Waals surface area contributed by atoms with Gasteiger partial charge >= 0.3 is 0 Å². The van der Waals surface area contributed by atoms with Crippen LogP contribution in [-0.4, -0.2) is 40.6 Å². The molecule has 0 aliphatic carbocycles. The van der Waals surface area contributed by atoms with E-state index in [2.05, 4.69) is 4.98 Å². The van der Waals surface area contributed by atoms with Crippen molar-refractivity contribution < 1.29 is 9.90 Å². The molecule has 0 saturated carbocycles. The summed E-state index contributed by atoms with van der Waals surface area (Å²) in [7, 11) is 0. The number of carbonyl (C=O) groups is 1. The largest absolute Gasteiger partial charge is 0.396 e. The molecule has 1 atom stereocenters. The van der Waals surface area contributed by atoms with Gasteiger partial charge in [0, 0.05) is 38.0 Å². The predicted molar refractivity (Wildman–Crippen MR) is 55.3 cm³/mol. The first kappa shape index (κ1) is 10.1. The SMILES string of the molecule is O=C(c1cccnc1)N1CCC(CO)C1. The van der Waals surface area contributed by atoms with Crippen molar-refractivity contribution in [3.05, 3.63) is 30.1 Å². The van der Waals surface area contributed by atoms with Crippen molar-refractivity contribution in [1.29, 1.82) is 0 Å². The molecule has 0 spiro atoms. The van der Waals surface area contributed by atoms with Crippen molar-refractivity contribution in [2.24, 2.45) is 5.92 Å². The minimum Gasteiger partial charge on any atom is -0.396 e. The minimum atomic E-state index is 0.0130. The lowest BCUT2D eigenvalue weighted by Crippen LogP contribution is -2.29. The summed E-state index contributed by atoms with van der Waals surface area (Å²) in [6.07, 6.45) is 4.12. The number of carbonyl (C=O) groups excluding carboxylic acids is 1. The molecule has 4 nitrogen and oxygen atoms in total. The van der Waals surface area contributed by atoms with Crippen LogP contribution in [-0.2, 0) is 0 Å². The third-order valence-corrected chi connectivity index (χ3v) is 2.74. The smallest absolute Gasteiger partial charge is 0.255 e. The van der Waals surface area contributed by atoms with Crippen LogP contribution in [0.1, 0.15) is 16.8 Å². The second kappa shape index (κ2) is 4.40. The number of hydrogen-bond acceptors (Lipinski definition) is 3. The molecule has 15 heavy (non-hydrogen) atoms. The zero-order valence-electron chi connectivity index (χ0n) is 8.47. The molecule has 4 heteroatoms. The predicted octanol–water partition coefficient (Wildman–Crippen LogP) is 0.536. The Kier molecular flexibility index (Phi) is 2.97. The molecule has 1 aromatic heterocycles. The van der Waals surface area contributed by atoms with E-state index in [0.29, 0.717) is 12.1 Å². The van der Waals surface area contributed by atoms with Crippen LogP contribution in [0.3, 0.4) is 0 Å². The van der Waals surface area contributed by atoms with Crippen LogP contribution < -0.4 is 0 Å². The third kappa shape index (κ3) is 2.15. The van der Waals surface area contributed by atoms with Crippen LogP contribution in [0.4, 0.5) is 0 Å². The number of rotatable bonds is 2. The summed E-state index contributed by atoms with van der Waals surface area (Å²) in [5, 5.41) is 8.99. The van der Waals surface area contributed by atoms with Crippen LogP contribution in [0.2, 0.25) is 0 Å². The van der Waals surface area contributed by atoms with Crippen molar-refractivity contribution in [3.8, 4) is 0 Å². The quantitative estimate of drug-likeness (QED) is 0.768. The molecule has 1 fully saturated rings. The Hall–Kier alpha value is -1.42. The van der Waals surface area contributed by atoms with Crippen molar-refractivity contribution in [2.45, 2.75) is 6.42 Å². The van der Waals surface area contributed by atoms with Crippen LogP contribution in [0.5, 0.6) is 0 Å². The molecular formula is C11H14N2O2. The topological polar surface area (TPSA) is 53.4 Å². The van der Waals surface area contributed by atoms with Crippen LogP contribution in [0, 0.1) is 5.92 Å². The molecule has 1 N–H and O–H groups in total. The molecule has 2 heterocycles. The van der Waals surface area contributed by atoms with Gasteiger partial charge in [0.15, 0.2) is 0 Å². The molecule has 2 rings (SSSR count). The highest BCUT2D eigenvalue weighted by Gasteiger charge is 2.26. The number of nitrogens with zero attached hydrogens (tertiary/aromatic N) is 2. The summed E-state index contributed by atoms with van der Waals surface area (Å²) in [6, 6.07) is 3.52. The van der Waals surface area contributed by atoms with Crippen molar-refractivity contribution >= 4 is 5.91 Å². The Labute approximate surface area is 88.6 Å². The second-order valence-electron chi connectivity index (χ2n) is 3.83. The summed E-state index contributed by atoms with van der Waals surface area (Å²) in [6.45, 7) is 1.56. The van der Waals surface area contributed by atoms with Gasteiger partial charge in [-0.15, -0.1) is 0 Å². The summed E-state index contributed by atoms with van der Waals surface area (Å²) < 4.78 is 0. The summed E-state index contributed by atoms with van der Waals surface area (Å²) in [5.74, 6) is 0.254. The fourth-order valence-electron chi connectivity index (χ4n) is 1.84. The number of aromatic nitrogens is 1. The molecule has 80 valence electrons. The molecule has 1 aliphatic heterocycles. The Morgan fingerprint density at radius 2 is 2.53 bits per heavy atom. The van der Waals surface area contributed by atoms with E-state index in [4.69, 9.17) is 5.11 Å². The second-order valence-corrected chi connectivity index (χ2v) is 3.83. The zero-order valence-corrected chi connectivity index (χ0v) is 8.47.